The number of aromatic amines is 1. The molecule has 2 atom stereocenters. The van der Waals surface area contributed by atoms with Crippen molar-refractivity contribution in [2.75, 3.05) is 19.7 Å². The van der Waals surface area contributed by atoms with E-state index in [2.05, 4.69) is 9.88 Å². The van der Waals surface area contributed by atoms with Crippen molar-refractivity contribution in [3.8, 4) is 0 Å². The number of para-hydroxylation sites is 1. The van der Waals surface area contributed by atoms with E-state index in [4.69, 9.17) is 9.15 Å². The molecule has 3 heterocycles. The van der Waals surface area contributed by atoms with Gasteiger partial charge >= 0.3 is 11.9 Å². The number of furan rings is 1. The Morgan fingerprint density at radius 2 is 2.21 bits per heavy atom. The average Bonchev–Trinajstić information content (AvgIpc) is 3.37. The maximum Gasteiger partial charge on any atom is 0.433 e. The summed E-state index contributed by atoms with van der Waals surface area (Å²) >= 11 is 0. The van der Waals surface area contributed by atoms with Crippen molar-refractivity contribution < 1.29 is 18.9 Å². The number of aromatic nitrogens is 1. The lowest BCUT2D eigenvalue weighted by atomic mass is 9.93. The van der Waals surface area contributed by atoms with Crippen LogP contribution in [0.5, 0.6) is 0 Å². The standard InChI is InChI=1S/C21H23N3O5/c1-2-28-21(25)14-6-5-11-23(13-14)20(18-9-10-19(29-18)24(26)27)16-12-22-17-8-4-3-7-15(16)17/h3-4,7-10,12,14,20,22H,2,5-6,11,13H2,1H3. The highest BCUT2D eigenvalue weighted by Gasteiger charge is 2.35. The Hall–Kier alpha value is -3.13. The summed E-state index contributed by atoms with van der Waals surface area (Å²) in [5.41, 5.74) is 1.95. The predicted molar refractivity (Wildman–Crippen MR) is 106 cm³/mol. The molecule has 0 bridgehead atoms. The first kappa shape index (κ1) is 19.2. The monoisotopic (exact) mass is 397 g/mol. The van der Waals surface area contributed by atoms with Crippen LogP contribution in [-0.4, -0.2) is 40.5 Å². The van der Waals surface area contributed by atoms with Crippen LogP contribution in [0.2, 0.25) is 0 Å². The van der Waals surface area contributed by atoms with E-state index < -0.39 is 4.92 Å². The second kappa shape index (κ2) is 8.08. The van der Waals surface area contributed by atoms with Crippen LogP contribution in [0.25, 0.3) is 10.9 Å². The van der Waals surface area contributed by atoms with E-state index in [0.29, 0.717) is 18.9 Å². The van der Waals surface area contributed by atoms with Crippen molar-refractivity contribution in [2.24, 2.45) is 5.92 Å². The number of piperidine rings is 1. The number of ether oxygens (including phenoxy) is 1. The van der Waals surface area contributed by atoms with Crippen LogP contribution < -0.4 is 0 Å². The SMILES string of the molecule is CCOC(=O)C1CCCN(C(c2ccc([N+](=O)[O-])o2)c2c[nH]c3ccccc23)C1. The van der Waals surface area contributed by atoms with Gasteiger partial charge in [0, 0.05) is 29.2 Å². The fourth-order valence-corrected chi connectivity index (χ4v) is 4.13. The number of H-pyrrole nitrogens is 1. The highest BCUT2D eigenvalue weighted by atomic mass is 16.6. The molecule has 1 saturated heterocycles. The van der Waals surface area contributed by atoms with Gasteiger partial charge < -0.3 is 14.1 Å². The number of rotatable bonds is 6. The van der Waals surface area contributed by atoms with Crippen molar-refractivity contribution in [3.05, 3.63) is 64.0 Å². The van der Waals surface area contributed by atoms with E-state index in [1.165, 1.54) is 6.07 Å². The summed E-state index contributed by atoms with van der Waals surface area (Å²) in [6.45, 7) is 3.42. The molecule has 29 heavy (non-hydrogen) atoms. The number of hydrogen-bond acceptors (Lipinski definition) is 6. The highest BCUT2D eigenvalue weighted by molar-refractivity contribution is 5.84. The molecule has 1 N–H and O–H groups in total. The van der Waals surface area contributed by atoms with Gasteiger partial charge in [0.25, 0.3) is 0 Å². The Morgan fingerprint density at radius 1 is 1.38 bits per heavy atom. The number of esters is 1. The molecular formula is C21H23N3O5. The molecule has 1 aliphatic heterocycles. The maximum absolute atomic E-state index is 12.3. The summed E-state index contributed by atoms with van der Waals surface area (Å²) in [7, 11) is 0. The van der Waals surface area contributed by atoms with Gasteiger partial charge in [-0.15, -0.1) is 0 Å². The van der Waals surface area contributed by atoms with Crippen molar-refractivity contribution >= 4 is 22.8 Å². The Bertz CT molecular complexity index is 1020. The van der Waals surface area contributed by atoms with Crippen LogP contribution in [0.3, 0.4) is 0 Å². The smallest absolute Gasteiger partial charge is 0.433 e. The molecule has 2 aromatic heterocycles. The van der Waals surface area contributed by atoms with Gasteiger partial charge in [-0.25, -0.2) is 0 Å². The quantitative estimate of drug-likeness (QED) is 0.383. The lowest BCUT2D eigenvalue weighted by Crippen LogP contribution is -2.41. The molecule has 0 spiro atoms. The highest BCUT2D eigenvalue weighted by Crippen LogP contribution is 2.38. The second-order valence-corrected chi connectivity index (χ2v) is 7.21. The van der Waals surface area contributed by atoms with Crippen molar-refractivity contribution in [3.63, 3.8) is 0 Å². The zero-order valence-electron chi connectivity index (χ0n) is 16.2. The van der Waals surface area contributed by atoms with Crippen LogP contribution in [-0.2, 0) is 9.53 Å². The van der Waals surface area contributed by atoms with Gasteiger partial charge in [0.1, 0.15) is 10.7 Å². The first-order chi connectivity index (χ1) is 14.1. The third kappa shape index (κ3) is 3.75. The van der Waals surface area contributed by atoms with Gasteiger partial charge in [0.05, 0.1) is 24.6 Å². The number of benzene rings is 1. The number of nitrogens with one attached hydrogen (secondary N) is 1. The van der Waals surface area contributed by atoms with Crippen LogP contribution in [0.1, 0.15) is 37.1 Å². The molecule has 1 aromatic carbocycles. The zero-order chi connectivity index (χ0) is 20.4. The Morgan fingerprint density at radius 3 is 2.97 bits per heavy atom. The molecule has 1 aliphatic rings. The molecule has 152 valence electrons. The maximum atomic E-state index is 12.3. The van der Waals surface area contributed by atoms with Crippen molar-refractivity contribution in [2.45, 2.75) is 25.8 Å². The van der Waals surface area contributed by atoms with E-state index in [-0.39, 0.29) is 23.8 Å². The predicted octanol–water partition coefficient (Wildman–Crippen LogP) is 4.03. The molecule has 1 fully saturated rings. The Balaban J connectivity index is 1.74. The third-order valence-corrected chi connectivity index (χ3v) is 5.42. The van der Waals surface area contributed by atoms with Crippen LogP contribution in [0.4, 0.5) is 5.88 Å². The third-order valence-electron chi connectivity index (χ3n) is 5.42. The van der Waals surface area contributed by atoms with Gasteiger partial charge in [0.15, 0.2) is 0 Å². The fourth-order valence-electron chi connectivity index (χ4n) is 4.13. The van der Waals surface area contributed by atoms with E-state index in [1.807, 2.05) is 30.5 Å². The molecule has 8 nitrogen and oxygen atoms in total. The minimum atomic E-state index is -0.534. The summed E-state index contributed by atoms with van der Waals surface area (Å²) in [4.78, 5) is 28.4. The molecule has 2 unspecified atom stereocenters. The number of likely N-dealkylation sites (tertiary alicyclic amines) is 1. The number of hydrogen-bond donors (Lipinski definition) is 1. The first-order valence-electron chi connectivity index (χ1n) is 9.79. The normalized spacial score (nSPS) is 18.6. The number of carbonyl (C=O) groups excluding carboxylic acids is 1. The fraction of sp³-hybridized carbons (Fsp3) is 0.381. The van der Waals surface area contributed by atoms with Crippen LogP contribution >= 0.6 is 0 Å². The summed E-state index contributed by atoms with van der Waals surface area (Å²) in [6.07, 6.45) is 3.52. The second-order valence-electron chi connectivity index (χ2n) is 7.21. The van der Waals surface area contributed by atoms with E-state index in [0.717, 1.165) is 35.9 Å². The summed E-state index contributed by atoms with van der Waals surface area (Å²) in [5.74, 6) is -0.212. The van der Waals surface area contributed by atoms with Gasteiger partial charge in [-0.2, -0.15) is 0 Å². The first-order valence-corrected chi connectivity index (χ1v) is 9.79. The molecule has 0 radical (unpaired) electrons. The van der Waals surface area contributed by atoms with E-state index >= 15 is 0 Å². The molecule has 8 heteroatoms. The zero-order valence-corrected chi connectivity index (χ0v) is 16.2. The minimum Gasteiger partial charge on any atom is -0.466 e. The van der Waals surface area contributed by atoms with Crippen molar-refractivity contribution in [1.82, 2.24) is 9.88 Å². The number of nitro groups is 1. The van der Waals surface area contributed by atoms with Crippen LogP contribution in [0.15, 0.2) is 47.0 Å². The number of carbonyl (C=O) groups is 1. The van der Waals surface area contributed by atoms with E-state index in [9.17, 15) is 14.9 Å². The largest absolute Gasteiger partial charge is 0.466 e. The minimum absolute atomic E-state index is 0.194. The Labute approximate surface area is 167 Å². The number of fused-ring (bicyclic) bond motifs is 1. The van der Waals surface area contributed by atoms with Gasteiger partial charge in [0.2, 0.25) is 0 Å². The van der Waals surface area contributed by atoms with Gasteiger partial charge in [-0.3, -0.25) is 19.8 Å². The summed E-state index contributed by atoms with van der Waals surface area (Å²) in [5, 5.41) is 12.2. The molecule has 4 rings (SSSR count). The lowest BCUT2D eigenvalue weighted by Gasteiger charge is -2.36. The average molecular weight is 397 g/mol. The topological polar surface area (TPSA) is 102 Å². The van der Waals surface area contributed by atoms with Crippen molar-refractivity contribution in [1.29, 1.82) is 0 Å². The van der Waals surface area contributed by atoms with Gasteiger partial charge in [-0.1, -0.05) is 18.2 Å². The molecule has 3 aromatic rings. The Kier molecular flexibility index (Phi) is 5.35. The number of nitrogens with zero attached hydrogens (tertiary/aromatic N) is 2. The molecular weight excluding hydrogens is 374 g/mol. The molecule has 0 aliphatic carbocycles. The molecule has 0 saturated carbocycles. The van der Waals surface area contributed by atoms with E-state index in [1.54, 1.807) is 13.0 Å². The summed E-state index contributed by atoms with van der Waals surface area (Å²) in [6, 6.07) is 10.6. The lowest BCUT2D eigenvalue weighted by molar-refractivity contribution is -0.402. The molecule has 0 amide bonds. The summed E-state index contributed by atoms with van der Waals surface area (Å²) < 4.78 is 10.8. The van der Waals surface area contributed by atoms with Crippen LogP contribution in [0, 0.1) is 16.0 Å². The van der Waals surface area contributed by atoms with Gasteiger partial charge in [-0.05, 0) is 38.4 Å².